The fourth-order valence-electron chi connectivity index (χ4n) is 1.19. The number of thiazole rings is 1. The summed E-state index contributed by atoms with van der Waals surface area (Å²) in [6.45, 7) is 2.00. The number of carbonyl (C=O) groups is 1. The fraction of sp³-hybridized carbons (Fsp3) is 0.556. The minimum absolute atomic E-state index is 0.790. The minimum atomic E-state index is -5.08. The predicted molar refractivity (Wildman–Crippen MR) is 57.8 cm³/mol. The lowest BCUT2D eigenvalue weighted by atomic mass is 10.2. The van der Waals surface area contributed by atoms with Crippen molar-refractivity contribution in [2.24, 2.45) is 0 Å². The smallest absolute Gasteiger partial charge is 0.475 e. The molecule has 1 aliphatic rings. The Balaban J connectivity index is 0.000000203. The molecule has 0 radical (unpaired) electrons. The van der Waals surface area contributed by atoms with E-state index in [0.29, 0.717) is 0 Å². The van der Waals surface area contributed by atoms with E-state index in [4.69, 9.17) is 14.6 Å². The van der Waals surface area contributed by atoms with Crippen LogP contribution < -0.4 is 10.1 Å². The number of ether oxygens (including phenoxy) is 1. The quantitative estimate of drug-likeness (QED) is 0.816. The molecule has 0 saturated carbocycles. The summed E-state index contributed by atoms with van der Waals surface area (Å²) in [5.74, 6) is -2.76. The van der Waals surface area contributed by atoms with Crippen molar-refractivity contribution in [2.45, 2.75) is 19.1 Å². The molecule has 2 N–H and O–H groups in total. The second kappa shape index (κ2) is 6.01. The van der Waals surface area contributed by atoms with Crippen molar-refractivity contribution in [3.63, 3.8) is 0 Å². The van der Waals surface area contributed by atoms with Crippen molar-refractivity contribution in [3.05, 3.63) is 10.6 Å². The summed E-state index contributed by atoms with van der Waals surface area (Å²) in [5, 5.41) is 11.2. The summed E-state index contributed by atoms with van der Waals surface area (Å²) >= 11 is 1.64. The summed E-state index contributed by atoms with van der Waals surface area (Å²) in [6, 6.07) is 0. The number of alkyl halides is 3. The number of halogens is 3. The lowest BCUT2D eigenvalue weighted by Crippen LogP contribution is -2.22. The van der Waals surface area contributed by atoms with Crippen LogP contribution in [0.2, 0.25) is 0 Å². The first-order valence-corrected chi connectivity index (χ1v) is 5.69. The van der Waals surface area contributed by atoms with E-state index >= 15 is 0 Å². The number of carboxylic acid groups (broad SMARTS) is 1. The number of nitrogens with zero attached hydrogens (tertiary/aromatic N) is 1. The highest BCUT2D eigenvalue weighted by Gasteiger charge is 2.38. The van der Waals surface area contributed by atoms with E-state index in [9.17, 15) is 13.2 Å². The average Bonchev–Trinajstić information content (AvgIpc) is 2.71. The molecule has 0 saturated heterocycles. The topological polar surface area (TPSA) is 71.5 Å². The molecule has 102 valence electrons. The highest BCUT2D eigenvalue weighted by atomic mass is 32.1. The summed E-state index contributed by atoms with van der Waals surface area (Å²) in [4.78, 5) is 14.5. The molecule has 5 nitrogen and oxygen atoms in total. The number of carboxylic acids is 1. The van der Waals surface area contributed by atoms with E-state index in [1.807, 2.05) is 0 Å². The lowest BCUT2D eigenvalue weighted by Gasteiger charge is -2.09. The van der Waals surface area contributed by atoms with Gasteiger partial charge in [0.05, 0.1) is 12.8 Å². The van der Waals surface area contributed by atoms with Gasteiger partial charge in [0.1, 0.15) is 0 Å². The van der Waals surface area contributed by atoms with Gasteiger partial charge >= 0.3 is 12.1 Å². The van der Waals surface area contributed by atoms with Gasteiger partial charge in [0.25, 0.3) is 5.19 Å². The third kappa shape index (κ3) is 4.15. The van der Waals surface area contributed by atoms with Crippen LogP contribution in [0.15, 0.2) is 0 Å². The summed E-state index contributed by atoms with van der Waals surface area (Å²) in [5.41, 5.74) is 1.21. The monoisotopic (exact) mass is 284 g/mol. The highest BCUT2D eigenvalue weighted by molar-refractivity contribution is 7.13. The Morgan fingerprint density at radius 1 is 1.56 bits per heavy atom. The third-order valence-corrected chi connectivity index (χ3v) is 3.06. The van der Waals surface area contributed by atoms with E-state index in [1.54, 1.807) is 18.4 Å². The molecular weight excluding hydrogens is 273 g/mol. The molecular formula is C9H11F3N2O3S. The van der Waals surface area contributed by atoms with E-state index in [-0.39, 0.29) is 0 Å². The molecule has 1 aliphatic heterocycles. The Labute approximate surface area is 105 Å². The molecule has 2 rings (SSSR count). The Hall–Kier alpha value is -1.35. The zero-order valence-corrected chi connectivity index (χ0v) is 10.2. The minimum Gasteiger partial charge on any atom is -0.475 e. The van der Waals surface area contributed by atoms with Crippen molar-refractivity contribution in [1.29, 1.82) is 0 Å². The van der Waals surface area contributed by atoms with Gasteiger partial charge in [-0.1, -0.05) is 11.3 Å². The van der Waals surface area contributed by atoms with Crippen LogP contribution in [0.3, 0.4) is 0 Å². The van der Waals surface area contributed by atoms with E-state index in [1.165, 1.54) is 10.6 Å². The third-order valence-electron chi connectivity index (χ3n) is 2.00. The van der Waals surface area contributed by atoms with Crippen LogP contribution in [-0.4, -0.2) is 35.9 Å². The number of aromatic nitrogens is 1. The Bertz CT molecular complexity index is 396. The molecule has 0 aromatic carbocycles. The van der Waals surface area contributed by atoms with Crippen LogP contribution in [-0.2, 0) is 17.8 Å². The van der Waals surface area contributed by atoms with Crippen LogP contribution in [0.1, 0.15) is 10.6 Å². The number of fused-ring (bicyclic) bond motifs is 1. The predicted octanol–water partition coefficient (Wildman–Crippen LogP) is 1.43. The second-order valence-corrected chi connectivity index (χ2v) is 4.33. The fourth-order valence-corrected chi connectivity index (χ4v) is 2.08. The molecule has 1 aromatic heterocycles. The molecule has 0 atom stereocenters. The molecule has 0 aliphatic carbocycles. The molecule has 0 amide bonds. The number of aliphatic carboxylic acids is 1. The first-order chi connectivity index (χ1) is 8.34. The van der Waals surface area contributed by atoms with Gasteiger partial charge in [0, 0.05) is 24.4 Å². The number of rotatable bonds is 1. The van der Waals surface area contributed by atoms with Crippen LogP contribution in [0.25, 0.3) is 0 Å². The number of hydrogen-bond donors (Lipinski definition) is 2. The first-order valence-electron chi connectivity index (χ1n) is 4.88. The van der Waals surface area contributed by atoms with Crippen molar-refractivity contribution in [2.75, 3.05) is 13.7 Å². The van der Waals surface area contributed by atoms with E-state index in [0.717, 1.165) is 24.7 Å². The molecule has 0 fully saturated rings. The largest absolute Gasteiger partial charge is 0.490 e. The van der Waals surface area contributed by atoms with Gasteiger partial charge in [-0.2, -0.15) is 13.2 Å². The maximum Gasteiger partial charge on any atom is 0.490 e. The molecule has 1 aromatic rings. The molecule has 9 heteroatoms. The van der Waals surface area contributed by atoms with Gasteiger partial charge in [0.15, 0.2) is 0 Å². The molecule has 0 bridgehead atoms. The van der Waals surface area contributed by atoms with Gasteiger partial charge in [-0.25, -0.2) is 9.78 Å². The summed E-state index contributed by atoms with van der Waals surface area (Å²) in [6.07, 6.45) is -4.05. The van der Waals surface area contributed by atoms with E-state index < -0.39 is 12.1 Å². The van der Waals surface area contributed by atoms with Gasteiger partial charge in [0.2, 0.25) is 0 Å². The lowest BCUT2D eigenvalue weighted by molar-refractivity contribution is -0.192. The zero-order valence-electron chi connectivity index (χ0n) is 9.37. The zero-order chi connectivity index (χ0) is 13.8. The van der Waals surface area contributed by atoms with Crippen molar-refractivity contribution in [1.82, 2.24) is 10.3 Å². The van der Waals surface area contributed by atoms with E-state index in [2.05, 4.69) is 10.3 Å². The second-order valence-electron chi connectivity index (χ2n) is 3.28. The van der Waals surface area contributed by atoms with Crippen molar-refractivity contribution < 1.29 is 27.8 Å². The molecule has 2 heterocycles. The normalized spacial score (nSPS) is 14.2. The standard InChI is InChI=1S/C7H10N2OS.C2HF3O2/c1-10-7-9-5-2-3-8-4-6(5)11-7;3-2(4,5)1(6)7/h8H,2-4H2,1H3;(H,6,7). The van der Waals surface area contributed by atoms with Gasteiger partial charge < -0.3 is 15.2 Å². The van der Waals surface area contributed by atoms with Gasteiger partial charge in [-0.3, -0.25) is 0 Å². The highest BCUT2D eigenvalue weighted by Crippen LogP contribution is 2.26. The summed E-state index contributed by atoms with van der Waals surface area (Å²) < 4.78 is 36.8. The van der Waals surface area contributed by atoms with Crippen LogP contribution in [0.4, 0.5) is 13.2 Å². The van der Waals surface area contributed by atoms with Crippen LogP contribution in [0.5, 0.6) is 5.19 Å². The molecule has 18 heavy (non-hydrogen) atoms. The Kier molecular flexibility index (Phi) is 4.91. The SMILES string of the molecule is COc1nc2c(s1)CNCC2.O=C(O)C(F)(F)F. The number of nitrogens with one attached hydrogen (secondary N) is 1. The average molecular weight is 284 g/mol. The maximum absolute atomic E-state index is 10.6. The van der Waals surface area contributed by atoms with Gasteiger partial charge in [-0.05, 0) is 0 Å². The van der Waals surface area contributed by atoms with Crippen molar-refractivity contribution in [3.8, 4) is 5.19 Å². The van der Waals surface area contributed by atoms with Crippen molar-refractivity contribution >= 4 is 17.3 Å². The Morgan fingerprint density at radius 3 is 2.61 bits per heavy atom. The molecule has 0 unspecified atom stereocenters. The van der Waals surface area contributed by atoms with Gasteiger partial charge in [-0.15, -0.1) is 0 Å². The van der Waals surface area contributed by atoms with Crippen LogP contribution in [0, 0.1) is 0 Å². The molecule has 0 spiro atoms. The number of hydrogen-bond acceptors (Lipinski definition) is 5. The van der Waals surface area contributed by atoms with Crippen LogP contribution >= 0.6 is 11.3 Å². The Morgan fingerprint density at radius 2 is 2.17 bits per heavy atom. The first kappa shape index (κ1) is 14.7. The number of methoxy groups -OCH3 is 1. The summed E-state index contributed by atoms with van der Waals surface area (Å²) in [7, 11) is 1.66. The maximum atomic E-state index is 10.6.